The summed E-state index contributed by atoms with van der Waals surface area (Å²) in [6, 6.07) is -0.879. The Morgan fingerprint density at radius 3 is 3.21 bits per heavy atom. The first kappa shape index (κ1) is 10.7. The minimum absolute atomic E-state index is 0.230. The summed E-state index contributed by atoms with van der Waals surface area (Å²) >= 11 is 0. The molecule has 0 aliphatic carbocycles. The van der Waals surface area contributed by atoms with Crippen LogP contribution >= 0.6 is 0 Å². The second kappa shape index (κ2) is 5.40. The molecule has 1 rings (SSSR count). The molecule has 14 heavy (non-hydrogen) atoms. The van der Waals surface area contributed by atoms with E-state index in [9.17, 15) is 4.79 Å². The number of nitrogens with two attached hydrogens (primary N) is 1. The second-order valence-corrected chi connectivity index (χ2v) is 2.84. The van der Waals surface area contributed by atoms with Crippen molar-refractivity contribution in [3.05, 3.63) is 0 Å². The van der Waals surface area contributed by atoms with E-state index in [0.29, 0.717) is 5.96 Å². The van der Waals surface area contributed by atoms with E-state index in [1.54, 1.807) is 0 Å². The molecule has 7 heteroatoms. The van der Waals surface area contributed by atoms with Crippen LogP contribution in [0.15, 0.2) is 4.99 Å². The summed E-state index contributed by atoms with van der Waals surface area (Å²) in [6.45, 7) is 1.74. The zero-order valence-corrected chi connectivity index (χ0v) is 7.69. The molecule has 0 radical (unpaired) electrons. The summed E-state index contributed by atoms with van der Waals surface area (Å²) in [7, 11) is 0. The van der Waals surface area contributed by atoms with Crippen LogP contribution in [0.3, 0.4) is 0 Å². The molecule has 0 saturated heterocycles. The number of hydroxylamine groups is 1. The third-order valence-corrected chi connectivity index (χ3v) is 1.69. The normalized spacial score (nSPS) is 17.1. The Kier molecular flexibility index (Phi) is 4.14. The number of guanidine groups is 1. The van der Waals surface area contributed by atoms with E-state index in [2.05, 4.69) is 15.8 Å². The Morgan fingerprint density at radius 2 is 2.64 bits per heavy atom. The maximum Gasteiger partial charge on any atom is 0.320 e. The van der Waals surface area contributed by atoms with Crippen LogP contribution in [0.1, 0.15) is 6.42 Å². The van der Waals surface area contributed by atoms with Crippen LogP contribution in [0.4, 0.5) is 0 Å². The van der Waals surface area contributed by atoms with E-state index in [0.717, 1.165) is 13.1 Å². The molecule has 1 aliphatic rings. The Hall–Kier alpha value is -1.34. The van der Waals surface area contributed by atoms with E-state index >= 15 is 0 Å². The summed E-state index contributed by atoms with van der Waals surface area (Å²) in [6.07, 6.45) is 0.260. The summed E-state index contributed by atoms with van der Waals surface area (Å²) in [4.78, 5) is 19.3. The van der Waals surface area contributed by atoms with Gasteiger partial charge in [0.2, 0.25) is 5.96 Å². The van der Waals surface area contributed by atoms with Gasteiger partial charge in [-0.05, 0) is 6.42 Å². The van der Waals surface area contributed by atoms with Crippen LogP contribution in [0, 0.1) is 0 Å². The fourth-order valence-corrected chi connectivity index (χ4v) is 0.895. The van der Waals surface area contributed by atoms with Gasteiger partial charge in [-0.15, -0.1) is 0 Å². The lowest BCUT2D eigenvalue weighted by molar-refractivity contribution is -0.139. The number of carboxylic acids is 1. The maximum absolute atomic E-state index is 10.3. The number of carbonyl (C=O) groups is 1. The van der Waals surface area contributed by atoms with Crippen molar-refractivity contribution in [3.63, 3.8) is 0 Å². The Morgan fingerprint density at radius 1 is 1.86 bits per heavy atom. The molecule has 1 aliphatic heterocycles. The van der Waals surface area contributed by atoms with Gasteiger partial charge in [-0.25, -0.2) is 10.5 Å². The van der Waals surface area contributed by atoms with Crippen molar-refractivity contribution < 1.29 is 14.7 Å². The fraction of sp³-hybridized carbons (Fsp3) is 0.714. The SMILES string of the molecule is NC(CCONC1=NCCN1)C(=O)O. The van der Waals surface area contributed by atoms with Gasteiger partial charge in [0.05, 0.1) is 13.2 Å². The predicted octanol–water partition coefficient (Wildman–Crippen LogP) is -1.73. The van der Waals surface area contributed by atoms with E-state index in [1.165, 1.54) is 0 Å². The van der Waals surface area contributed by atoms with Crippen molar-refractivity contribution in [1.29, 1.82) is 0 Å². The van der Waals surface area contributed by atoms with Gasteiger partial charge in [-0.3, -0.25) is 9.63 Å². The fourth-order valence-electron chi connectivity index (χ4n) is 0.895. The third-order valence-electron chi connectivity index (χ3n) is 1.69. The first-order chi connectivity index (χ1) is 6.70. The molecule has 5 N–H and O–H groups in total. The molecule has 0 amide bonds. The van der Waals surface area contributed by atoms with Gasteiger partial charge in [0.1, 0.15) is 6.04 Å². The first-order valence-corrected chi connectivity index (χ1v) is 4.34. The number of hydrogen-bond donors (Lipinski definition) is 4. The van der Waals surface area contributed by atoms with Crippen LogP contribution < -0.4 is 16.5 Å². The van der Waals surface area contributed by atoms with Crippen molar-refractivity contribution in [1.82, 2.24) is 10.8 Å². The Bertz CT molecular complexity index is 231. The monoisotopic (exact) mass is 202 g/mol. The second-order valence-electron chi connectivity index (χ2n) is 2.84. The number of aliphatic imine (C=N–C) groups is 1. The Labute approximate surface area is 81.3 Å². The molecule has 0 spiro atoms. The number of aliphatic carboxylic acids is 1. The highest BCUT2D eigenvalue weighted by atomic mass is 16.6. The molecule has 1 atom stereocenters. The van der Waals surface area contributed by atoms with Gasteiger partial charge in [0.15, 0.2) is 0 Å². The molecule has 0 aromatic carbocycles. The predicted molar refractivity (Wildman–Crippen MR) is 49.6 cm³/mol. The summed E-state index contributed by atoms with van der Waals surface area (Å²) in [5, 5.41) is 11.4. The molecular formula is C7H14N4O3. The van der Waals surface area contributed by atoms with Gasteiger partial charge in [0, 0.05) is 6.54 Å². The lowest BCUT2D eigenvalue weighted by atomic mass is 10.2. The van der Waals surface area contributed by atoms with Crippen molar-refractivity contribution in [3.8, 4) is 0 Å². The first-order valence-electron chi connectivity index (χ1n) is 4.34. The molecule has 0 saturated carbocycles. The van der Waals surface area contributed by atoms with E-state index < -0.39 is 12.0 Å². The largest absolute Gasteiger partial charge is 0.480 e. The topological polar surface area (TPSA) is 109 Å². The molecule has 7 nitrogen and oxygen atoms in total. The van der Waals surface area contributed by atoms with Crippen molar-refractivity contribution in [2.24, 2.45) is 10.7 Å². The molecule has 80 valence electrons. The molecule has 0 aromatic rings. The number of carboxylic acid groups (broad SMARTS) is 1. The summed E-state index contributed by atoms with van der Waals surface area (Å²) < 4.78 is 0. The van der Waals surface area contributed by atoms with E-state index in [1.807, 2.05) is 0 Å². The quantitative estimate of drug-likeness (QED) is 0.311. The lowest BCUT2D eigenvalue weighted by Gasteiger charge is -2.08. The summed E-state index contributed by atoms with van der Waals surface area (Å²) in [5.41, 5.74) is 7.82. The standard InChI is InChI=1S/C7H14N4O3/c8-5(6(12)13)1-4-14-11-7-9-2-3-10-7/h5H,1-4,8H2,(H,12,13)(H2,9,10,11). The highest BCUT2D eigenvalue weighted by Gasteiger charge is 2.11. The Balaban J connectivity index is 2.01. The third kappa shape index (κ3) is 3.58. The van der Waals surface area contributed by atoms with Gasteiger partial charge >= 0.3 is 5.97 Å². The maximum atomic E-state index is 10.3. The molecule has 1 unspecified atom stereocenters. The number of rotatable bonds is 5. The van der Waals surface area contributed by atoms with E-state index in [-0.39, 0.29) is 13.0 Å². The molecule has 0 bridgehead atoms. The van der Waals surface area contributed by atoms with Crippen LogP contribution in [-0.2, 0) is 9.63 Å². The average molecular weight is 202 g/mol. The smallest absolute Gasteiger partial charge is 0.320 e. The van der Waals surface area contributed by atoms with E-state index in [4.69, 9.17) is 15.7 Å². The zero-order valence-electron chi connectivity index (χ0n) is 7.69. The van der Waals surface area contributed by atoms with Gasteiger partial charge in [-0.1, -0.05) is 0 Å². The number of nitrogens with zero attached hydrogens (tertiary/aromatic N) is 1. The highest BCUT2D eigenvalue weighted by Crippen LogP contribution is 1.88. The molecular weight excluding hydrogens is 188 g/mol. The van der Waals surface area contributed by atoms with Crippen molar-refractivity contribution in [2.45, 2.75) is 12.5 Å². The minimum atomic E-state index is -1.02. The van der Waals surface area contributed by atoms with Crippen molar-refractivity contribution >= 4 is 11.9 Å². The minimum Gasteiger partial charge on any atom is -0.480 e. The van der Waals surface area contributed by atoms with Gasteiger partial charge in [0.25, 0.3) is 0 Å². The van der Waals surface area contributed by atoms with Gasteiger partial charge < -0.3 is 16.2 Å². The van der Waals surface area contributed by atoms with Crippen LogP contribution in [0.2, 0.25) is 0 Å². The van der Waals surface area contributed by atoms with Crippen LogP contribution in [-0.4, -0.2) is 42.8 Å². The van der Waals surface area contributed by atoms with Gasteiger partial charge in [-0.2, -0.15) is 0 Å². The molecule has 0 aromatic heterocycles. The number of hydrogen-bond acceptors (Lipinski definition) is 6. The van der Waals surface area contributed by atoms with Crippen LogP contribution in [0.5, 0.6) is 0 Å². The average Bonchev–Trinajstić information content (AvgIpc) is 2.64. The molecule has 0 fully saturated rings. The molecule has 1 heterocycles. The highest BCUT2D eigenvalue weighted by molar-refractivity contribution is 5.80. The summed E-state index contributed by atoms with van der Waals surface area (Å²) in [5.74, 6) is -0.446. The zero-order chi connectivity index (χ0) is 10.4. The van der Waals surface area contributed by atoms with Crippen molar-refractivity contribution in [2.75, 3.05) is 19.7 Å². The lowest BCUT2D eigenvalue weighted by Crippen LogP contribution is -2.36. The van der Waals surface area contributed by atoms with Crippen LogP contribution in [0.25, 0.3) is 0 Å². The number of nitrogens with one attached hydrogen (secondary N) is 2.